The van der Waals surface area contributed by atoms with Gasteiger partial charge >= 0.3 is 11.9 Å². The molecule has 0 bridgehead atoms. The van der Waals surface area contributed by atoms with Gasteiger partial charge in [0.1, 0.15) is 9.81 Å². The number of carbonyl (C=O) groups excluding carboxylic acids is 3. The van der Waals surface area contributed by atoms with E-state index < -0.39 is 17.5 Å². The van der Waals surface area contributed by atoms with Gasteiger partial charge in [-0.1, -0.05) is 96.4 Å². The average molecular weight is 576 g/mol. The Bertz CT molecular complexity index is 1590. The van der Waals surface area contributed by atoms with Crippen LogP contribution >= 0.6 is 35.7 Å². The summed E-state index contributed by atoms with van der Waals surface area (Å²) in [5.74, 6) is -1.32. The molecule has 0 fully saturated rings. The minimum atomic E-state index is -0.867. The molecule has 0 unspecified atom stereocenters. The van der Waals surface area contributed by atoms with E-state index in [9.17, 15) is 14.4 Å². The number of ether oxygens (including phenoxy) is 2. The van der Waals surface area contributed by atoms with Crippen LogP contribution in [0, 0.1) is 0 Å². The minimum absolute atomic E-state index is 0.0782. The Balaban J connectivity index is 1.60. The zero-order valence-electron chi connectivity index (χ0n) is 21.8. The van der Waals surface area contributed by atoms with Crippen LogP contribution in [0.25, 0.3) is 16.3 Å². The van der Waals surface area contributed by atoms with Gasteiger partial charge in [-0.2, -0.15) is 0 Å². The lowest BCUT2D eigenvalue weighted by Gasteiger charge is -2.45. The number of thioether (sulfide) groups is 2. The van der Waals surface area contributed by atoms with E-state index in [1.165, 1.54) is 14.2 Å². The van der Waals surface area contributed by atoms with Crippen LogP contribution in [0.15, 0.2) is 80.8 Å². The predicted octanol–water partition coefficient (Wildman–Crippen LogP) is 6.28. The van der Waals surface area contributed by atoms with E-state index >= 15 is 0 Å². The fourth-order valence-electron chi connectivity index (χ4n) is 4.90. The van der Waals surface area contributed by atoms with Crippen LogP contribution < -0.4 is 4.90 Å². The molecule has 1 amide bonds. The molecule has 0 saturated carbocycles. The number of fused-ring (bicyclic) bond motifs is 2. The van der Waals surface area contributed by atoms with Gasteiger partial charge in [-0.15, -0.1) is 0 Å². The van der Waals surface area contributed by atoms with Crippen LogP contribution in [-0.4, -0.2) is 42.5 Å². The molecule has 2 aliphatic heterocycles. The summed E-state index contributed by atoms with van der Waals surface area (Å²) >= 11 is 8.33. The molecule has 2 aliphatic rings. The second-order valence-corrected chi connectivity index (χ2v) is 12.2. The summed E-state index contributed by atoms with van der Waals surface area (Å²) in [6.07, 6.45) is 0.206. The van der Waals surface area contributed by atoms with Gasteiger partial charge in [0.25, 0.3) is 0 Å². The van der Waals surface area contributed by atoms with E-state index in [2.05, 4.69) is 0 Å². The largest absolute Gasteiger partial charge is 0.465 e. The second-order valence-electron chi connectivity index (χ2n) is 9.46. The molecule has 0 aliphatic carbocycles. The Morgan fingerprint density at radius 2 is 1.44 bits per heavy atom. The molecule has 0 aromatic heterocycles. The fourth-order valence-corrected chi connectivity index (χ4v) is 7.94. The first kappa shape index (κ1) is 27.2. The summed E-state index contributed by atoms with van der Waals surface area (Å²) in [5, 5.41) is 2.12. The van der Waals surface area contributed by atoms with Crippen molar-refractivity contribution >= 4 is 80.5 Å². The molecule has 0 spiro atoms. The van der Waals surface area contributed by atoms with Gasteiger partial charge in [-0.05, 0) is 36.2 Å². The molecule has 0 atom stereocenters. The summed E-state index contributed by atoms with van der Waals surface area (Å²) in [4.78, 5) is 41.7. The third-order valence-electron chi connectivity index (χ3n) is 6.77. The van der Waals surface area contributed by atoms with Crippen molar-refractivity contribution in [2.75, 3.05) is 19.1 Å². The zero-order chi connectivity index (χ0) is 27.9. The monoisotopic (exact) mass is 575 g/mol. The number of rotatable bonds is 4. The third-order valence-corrected chi connectivity index (χ3v) is 10.0. The molecule has 0 N–H and O–H groups in total. The first-order valence-electron chi connectivity index (χ1n) is 12.1. The lowest BCUT2D eigenvalue weighted by atomic mass is 9.83. The molecule has 198 valence electrons. The van der Waals surface area contributed by atoms with Gasteiger partial charge in [-0.25, -0.2) is 9.59 Å². The lowest BCUT2D eigenvalue weighted by Crippen LogP contribution is -2.56. The maximum Gasteiger partial charge on any atom is 0.346 e. The highest BCUT2D eigenvalue weighted by molar-refractivity contribution is 8.29. The molecule has 0 saturated heterocycles. The van der Waals surface area contributed by atoms with Crippen LogP contribution in [-0.2, 0) is 30.3 Å². The third kappa shape index (κ3) is 4.68. The smallest absolute Gasteiger partial charge is 0.346 e. The highest BCUT2D eigenvalue weighted by atomic mass is 32.2. The Labute approximate surface area is 240 Å². The van der Waals surface area contributed by atoms with Crippen molar-refractivity contribution in [2.24, 2.45) is 0 Å². The normalized spacial score (nSPS) is 16.4. The van der Waals surface area contributed by atoms with Gasteiger partial charge < -0.3 is 14.4 Å². The van der Waals surface area contributed by atoms with Crippen molar-refractivity contribution in [3.8, 4) is 0 Å². The number of thiocarbonyl (C=S) groups is 1. The highest BCUT2D eigenvalue weighted by Gasteiger charge is 2.46. The Hall–Kier alpha value is -3.40. The van der Waals surface area contributed by atoms with Crippen molar-refractivity contribution in [3.63, 3.8) is 0 Å². The summed E-state index contributed by atoms with van der Waals surface area (Å²) < 4.78 is 10.5. The molecule has 6 nitrogen and oxygen atoms in total. The van der Waals surface area contributed by atoms with Crippen LogP contribution in [0.1, 0.15) is 25.0 Å². The Morgan fingerprint density at radius 3 is 2.10 bits per heavy atom. The van der Waals surface area contributed by atoms with Gasteiger partial charge in [0.15, 0.2) is 0 Å². The van der Waals surface area contributed by atoms with E-state index in [1.54, 1.807) is 4.90 Å². The van der Waals surface area contributed by atoms with Crippen molar-refractivity contribution < 1.29 is 23.9 Å². The molecule has 39 heavy (non-hydrogen) atoms. The van der Waals surface area contributed by atoms with E-state index in [0.29, 0.717) is 9.10 Å². The van der Waals surface area contributed by atoms with Gasteiger partial charge in [0, 0.05) is 11.1 Å². The van der Waals surface area contributed by atoms with Gasteiger partial charge in [-0.3, -0.25) is 4.79 Å². The SMILES string of the molecule is COC(=O)C1=C(C(=O)OC)SC(=C2C(=S)C(C)(C)N(C(=O)Cc3cccc4ccccc34)c3ccccc32)S1. The van der Waals surface area contributed by atoms with E-state index in [0.717, 1.165) is 56.7 Å². The summed E-state index contributed by atoms with van der Waals surface area (Å²) in [5.41, 5.74) is 2.27. The molecular formula is C30H25NO5S3. The first-order valence-corrected chi connectivity index (χ1v) is 14.2. The second kappa shape index (κ2) is 10.6. The Morgan fingerprint density at radius 1 is 0.846 bits per heavy atom. The van der Waals surface area contributed by atoms with Crippen LogP contribution in [0.5, 0.6) is 0 Å². The number of nitrogens with zero attached hydrogens (tertiary/aromatic N) is 1. The molecule has 5 rings (SSSR count). The zero-order valence-corrected chi connectivity index (χ0v) is 24.2. The number of carbonyl (C=O) groups is 3. The number of amides is 1. The molecule has 3 aromatic rings. The van der Waals surface area contributed by atoms with Crippen molar-refractivity contribution in [3.05, 3.63) is 91.9 Å². The number of esters is 2. The number of hydrogen-bond donors (Lipinski definition) is 0. The quantitative estimate of drug-likeness (QED) is 0.204. The van der Waals surface area contributed by atoms with E-state index in [-0.39, 0.29) is 22.1 Å². The van der Waals surface area contributed by atoms with Crippen molar-refractivity contribution in [1.29, 1.82) is 0 Å². The molecule has 9 heteroatoms. The summed E-state index contributed by atoms with van der Waals surface area (Å²) in [6, 6.07) is 21.6. The molecule has 0 radical (unpaired) electrons. The van der Waals surface area contributed by atoms with E-state index in [1.807, 2.05) is 80.6 Å². The van der Waals surface area contributed by atoms with Crippen molar-refractivity contribution in [1.82, 2.24) is 0 Å². The van der Waals surface area contributed by atoms with E-state index in [4.69, 9.17) is 21.7 Å². The minimum Gasteiger partial charge on any atom is -0.465 e. The maximum absolute atomic E-state index is 14.0. The number of hydrogen-bond acceptors (Lipinski definition) is 8. The molecule has 2 heterocycles. The maximum atomic E-state index is 14.0. The number of methoxy groups -OCH3 is 2. The molecular weight excluding hydrogens is 551 g/mol. The highest BCUT2D eigenvalue weighted by Crippen LogP contribution is 2.56. The summed E-state index contributed by atoms with van der Waals surface area (Å²) in [7, 11) is 2.54. The topological polar surface area (TPSA) is 72.9 Å². The Kier molecular flexibility index (Phi) is 7.41. The van der Waals surface area contributed by atoms with Crippen LogP contribution in [0.4, 0.5) is 5.69 Å². The molecule has 3 aromatic carbocycles. The van der Waals surface area contributed by atoms with Gasteiger partial charge in [0.05, 0.1) is 41.0 Å². The number of para-hydroxylation sites is 1. The fraction of sp³-hybridized carbons (Fsp3) is 0.200. The van der Waals surface area contributed by atoms with Crippen LogP contribution in [0.3, 0.4) is 0 Å². The lowest BCUT2D eigenvalue weighted by molar-refractivity contribution is -0.138. The standard InChI is InChI=1S/C30H25NO5S3/c1-30(2)26(37)23(29-38-24(27(33)35-3)25(39-29)28(34)36-4)20-14-7-8-15-21(20)31(30)22(32)16-18-12-9-11-17-10-5-6-13-19(17)18/h5-15H,16H2,1-4H3. The number of anilines is 1. The summed E-state index contributed by atoms with van der Waals surface area (Å²) in [6.45, 7) is 3.85. The predicted molar refractivity (Wildman–Crippen MR) is 161 cm³/mol. The van der Waals surface area contributed by atoms with Crippen molar-refractivity contribution in [2.45, 2.75) is 25.8 Å². The van der Waals surface area contributed by atoms with Gasteiger partial charge in [0.2, 0.25) is 5.91 Å². The number of benzene rings is 3. The average Bonchev–Trinajstić information content (AvgIpc) is 3.38. The van der Waals surface area contributed by atoms with Crippen LogP contribution in [0.2, 0.25) is 0 Å². The first-order chi connectivity index (χ1) is 18.7.